The van der Waals surface area contributed by atoms with E-state index in [1.807, 2.05) is 12.1 Å². The fraction of sp³-hybridized carbons (Fsp3) is 0.429. The van der Waals surface area contributed by atoms with Crippen molar-refractivity contribution < 1.29 is 4.42 Å². The Kier molecular flexibility index (Phi) is 3.93. The molecular weight excluding hydrogens is 300 g/mol. The number of H-pyrrole nitrogens is 1. The van der Waals surface area contributed by atoms with Crippen LogP contribution in [0, 0.1) is 0 Å². The second kappa shape index (κ2) is 5.88. The zero-order valence-corrected chi connectivity index (χ0v) is 13.6. The first-order valence-corrected chi connectivity index (χ1v) is 7.83. The maximum absolute atomic E-state index is 5.26. The van der Waals surface area contributed by atoms with E-state index in [0.717, 1.165) is 23.2 Å². The molecule has 0 aliphatic heterocycles. The van der Waals surface area contributed by atoms with Crippen molar-refractivity contribution in [1.29, 1.82) is 0 Å². The maximum atomic E-state index is 5.26. The average molecular weight is 318 g/mol. The lowest BCUT2D eigenvalue weighted by molar-refractivity contribution is 0.555. The highest BCUT2D eigenvalue weighted by Crippen LogP contribution is 2.22. The Hall–Kier alpha value is -2.22. The summed E-state index contributed by atoms with van der Waals surface area (Å²) < 4.78 is 9.63. The van der Waals surface area contributed by atoms with Crippen LogP contribution in [0.1, 0.15) is 32.4 Å². The Morgan fingerprint density at radius 3 is 2.86 bits per heavy atom. The minimum absolute atomic E-state index is 0.0285. The van der Waals surface area contributed by atoms with Crippen LogP contribution in [-0.2, 0) is 11.8 Å². The van der Waals surface area contributed by atoms with E-state index in [2.05, 4.69) is 50.6 Å². The number of aromatic amines is 1. The minimum atomic E-state index is -0.0285. The van der Waals surface area contributed by atoms with Gasteiger partial charge in [0.1, 0.15) is 11.6 Å². The summed E-state index contributed by atoms with van der Waals surface area (Å²) in [5.41, 5.74) is -0.0285. The Labute approximate surface area is 132 Å². The molecule has 2 N–H and O–H groups in total. The van der Waals surface area contributed by atoms with Gasteiger partial charge in [0.05, 0.1) is 6.26 Å². The maximum Gasteiger partial charge on any atom is 0.216 e. The molecule has 8 heteroatoms. The van der Waals surface area contributed by atoms with E-state index in [-0.39, 0.29) is 5.41 Å². The molecule has 0 fully saturated rings. The van der Waals surface area contributed by atoms with E-state index in [0.29, 0.717) is 18.1 Å². The summed E-state index contributed by atoms with van der Waals surface area (Å²) in [5.74, 6) is 2.90. The number of nitrogens with zero attached hydrogens (tertiary/aromatic N) is 4. The molecule has 0 aromatic carbocycles. The predicted molar refractivity (Wildman–Crippen MR) is 84.9 cm³/mol. The van der Waals surface area contributed by atoms with Gasteiger partial charge in [0, 0.05) is 29.9 Å². The van der Waals surface area contributed by atoms with Crippen molar-refractivity contribution in [3.05, 3.63) is 30.0 Å². The van der Waals surface area contributed by atoms with Gasteiger partial charge in [0.2, 0.25) is 11.0 Å². The molecule has 116 valence electrons. The number of anilines is 1. The van der Waals surface area contributed by atoms with Gasteiger partial charge in [-0.1, -0.05) is 20.8 Å². The van der Waals surface area contributed by atoms with E-state index in [1.54, 1.807) is 6.26 Å². The molecule has 0 bridgehead atoms. The van der Waals surface area contributed by atoms with Crippen LogP contribution in [0.2, 0.25) is 0 Å². The van der Waals surface area contributed by atoms with Gasteiger partial charge in [-0.3, -0.25) is 5.10 Å². The van der Waals surface area contributed by atoms with E-state index in [1.165, 1.54) is 11.5 Å². The molecular formula is C14H18N6OS. The molecule has 3 aromatic rings. The molecule has 0 saturated carbocycles. The molecule has 3 aromatic heterocycles. The van der Waals surface area contributed by atoms with Crippen LogP contribution in [0.25, 0.3) is 11.6 Å². The van der Waals surface area contributed by atoms with E-state index in [9.17, 15) is 0 Å². The number of hydrogen-bond acceptors (Lipinski definition) is 7. The normalized spacial score (nSPS) is 11.8. The summed E-state index contributed by atoms with van der Waals surface area (Å²) in [4.78, 5) is 8.89. The van der Waals surface area contributed by atoms with Crippen LogP contribution < -0.4 is 5.32 Å². The molecule has 0 aliphatic rings. The topological polar surface area (TPSA) is 92.5 Å². The number of aromatic nitrogens is 5. The number of furan rings is 1. The van der Waals surface area contributed by atoms with Crippen molar-refractivity contribution >= 4 is 16.7 Å². The lowest BCUT2D eigenvalue weighted by Gasteiger charge is -2.12. The Balaban J connectivity index is 1.54. The second-order valence-corrected chi connectivity index (χ2v) is 6.68. The molecule has 0 atom stereocenters. The predicted octanol–water partition coefficient (Wildman–Crippen LogP) is 2.87. The molecule has 0 radical (unpaired) electrons. The lowest BCUT2D eigenvalue weighted by atomic mass is 9.96. The smallest absolute Gasteiger partial charge is 0.216 e. The Morgan fingerprint density at radius 2 is 2.18 bits per heavy atom. The van der Waals surface area contributed by atoms with Crippen LogP contribution in [-0.4, -0.2) is 31.1 Å². The van der Waals surface area contributed by atoms with Crippen molar-refractivity contribution in [2.45, 2.75) is 32.6 Å². The Bertz CT molecular complexity index is 725. The monoisotopic (exact) mass is 318 g/mol. The van der Waals surface area contributed by atoms with Crippen molar-refractivity contribution in [3.8, 4) is 11.6 Å². The van der Waals surface area contributed by atoms with Gasteiger partial charge in [0.15, 0.2) is 5.76 Å². The Morgan fingerprint density at radius 1 is 1.32 bits per heavy atom. The van der Waals surface area contributed by atoms with Crippen LogP contribution in [0.5, 0.6) is 0 Å². The minimum Gasteiger partial charge on any atom is -0.461 e. The first-order valence-electron chi connectivity index (χ1n) is 7.05. The summed E-state index contributed by atoms with van der Waals surface area (Å²) in [5, 5.41) is 11.1. The number of hydrogen-bond donors (Lipinski definition) is 2. The number of rotatable bonds is 5. The molecule has 0 amide bonds. The third-order valence-corrected chi connectivity index (χ3v) is 3.68. The zero-order chi connectivity index (χ0) is 15.6. The zero-order valence-electron chi connectivity index (χ0n) is 12.8. The molecule has 3 rings (SSSR count). The molecule has 7 nitrogen and oxygen atoms in total. The lowest BCUT2D eigenvalue weighted by Crippen LogP contribution is -2.13. The second-order valence-electron chi connectivity index (χ2n) is 5.93. The summed E-state index contributed by atoms with van der Waals surface area (Å²) in [6.45, 7) is 7.02. The van der Waals surface area contributed by atoms with Gasteiger partial charge >= 0.3 is 0 Å². The third-order valence-electron chi connectivity index (χ3n) is 3.01. The van der Waals surface area contributed by atoms with Gasteiger partial charge in [-0.05, 0) is 12.1 Å². The highest BCUT2D eigenvalue weighted by atomic mass is 32.1. The van der Waals surface area contributed by atoms with Crippen LogP contribution in [0.4, 0.5) is 5.13 Å². The van der Waals surface area contributed by atoms with Gasteiger partial charge in [-0.25, -0.2) is 9.97 Å². The van der Waals surface area contributed by atoms with Crippen LogP contribution in [0.15, 0.2) is 22.8 Å². The van der Waals surface area contributed by atoms with Crippen molar-refractivity contribution in [1.82, 2.24) is 24.5 Å². The van der Waals surface area contributed by atoms with E-state index in [4.69, 9.17) is 4.42 Å². The summed E-state index contributed by atoms with van der Waals surface area (Å²) >= 11 is 1.38. The summed E-state index contributed by atoms with van der Waals surface area (Å²) in [7, 11) is 0. The standard InChI is InChI=1S/C14H18N6OS/c1-14(2,3)12-17-13(22-20-12)15-7-6-10-16-11(19-18-10)9-5-4-8-21-9/h4-5,8H,6-7H2,1-3H3,(H,15,17,20)(H,16,18,19). The summed E-state index contributed by atoms with van der Waals surface area (Å²) in [6.07, 6.45) is 2.33. The summed E-state index contributed by atoms with van der Waals surface area (Å²) in [6, 6.07) is 3.65. The van der Waals surface area contributed by atoms with Gasteiger partial charge < -0.3 is 9.73 Å². The fourth-order valence-electron chi connectivity index (χ4n) is 1.81. The molecule has 0 saturated heterocycles. The first-order chi connectivity index (χ1) is 10.5. The first kappa shape index (κ1) is 14.7. The molecule has 0 unspecified atom stereocenters. The molecule has 0 aliphatic carbocycles. The van der Waals surface area contributed by atoms with Crippen LogP contribution in [0.3, 0.4) is 0 Å². The van der Waals surface area contributed by atoms with Gasteiger partial charge in [-0.15, -0.1) is 0 Å². The van der Waals surface area contributed by atoms with Gasteiger partial charge in [0.25, 0.3) is 0 Å². The largest absolute Gasteiger partial charge is 0.461 e. The van der Waals surface area contributed by atoms with E-state index < -0.39 is 0 Å². The van der Waals surface area contributed by atoms with Crippen molar-refractivity contribution in [2.75, 3.05) is 11.9 Å². The van der Waals surface area contributed by atoms with Gasteiger partial charge in [-0.2, -0.15) is 9.47 Å². The highest BCUT2D eigenvalue weighted by molar-refractivity contribution is 7.09. The van der Waals surface area contributed by atoms with Crippen molar-refractivity contribution in [2.24, 2.45) is 0 Å². The highest BCUT2D eigenvalue weighted by Gasteiger charge is 2.19. The quantitative estimate of drug-likeness (QED) is 0.751. The fourth-order valence-corrected chi connectivity index (χ4v) is 2.59. The number of nitrogens with one attached hydrogen (secondary N) is 2. The van der Waals surface area contributed by atoms with E-state index >= 15 is 0 Å². The molecule has 3 heterocycles. The molecule has 22 heavy (non-hydrogen) atoms. The molecule has 0 spiro atoms. The van der Waals surface area contributed by atoms with Crippen LogP contribution >= 0.6 is 11.5 Å². The third kappa shape index (κ3) is 3.33. The SMILES string of the molecule is CC(C)(C)c1nsc(NCCc2nc(-c3ccco3)n[nH]2)n1. The van der Waals surface area contributed by atoms with Crippen molar-refractivity contribution in [3.63, 3.8) is 0 Å². The average Bonchev–Trinajstić information content (AvgIpc) is 3.19.